The third-order valence-electron chi connectivity index (χ3n) is 3.81. The molecule has 2 rings (SSSR count). The van der Waals surface area contributed by atoms with Crippen molar-refractivity contribution in [2.75, 3.05) is 27.7 Å². The van der Waals surface area contributed by atoms with Crippen LogP contribution in [0, 0.1) is 5.92 Å². The van der Waals surface area contributed by atoms with Crippen molar-refractivity contribution in [3.63, 3.8) is 0 Å². The number of thioether (sulfide) groups is 1. The first-order valence-corrected chi connectivity index (χ1v) is 7.96. The van der Waals surface area contributed by atoms with Crippen molar-refractivity contribution in [1.82, 2.24) is 4.90 Å². The average Bonchev–Trinajstić information content (AvgIpc) is 2.61. The minimum Gasteiger partial charge on any atom is -0.477 e. The zero-order valence-electron chi connectivity index (χ0n) is 12.9. The normalized spacial score (nSPS) is 26.7. The number of carbonyl (C=O) groups excluding carboxylic acids is 1. The van der Waals surface area contributed by atoms with Crippen molar-refractivity contribution >= 4 is 23.6 Å². The first kappa shape index (κ1) is 16.3. The van der Waals surface area contributed by atoms with Gasteiger partial charge in [0.15, 0.2) is 0 Å². The van der Waals surface area contributed by atoms with E-state index in [4.69, 9.17) is 0 Å². The number of quaternary nitrogens is 1. The molecule has 7 heteroatoms. The first-order valence-electron chi connectivity index (χ1n) is 7.08. The van der Waals surface area contributed by atoms with E-state index in [0.29, 0.717) is 6.42 Å². The van der Waals surface area contributed by atoms with Crippen LogP contribution in [0.15, 0.2) is 10.6 Å². The second kappa shape index (κ2) is 5.62. The Labute approximate surface area is 129 Å². The lowest BCUT2D eigenvalue weighted by Gasteiger charge is -2.43. The number of carbonyl (C=O) groups is 2. The van der Waals surface area contributed by atoms with Crippen molar-refractivity contribution in [2.24, 2.45) is 5.92 Å². The van der Waals surface area contributed by atoms with Gasteiger partial charge in [0.2, 0.25) is 5.91 Å². The molecule has 0 aromatic carbocycles. The lowest BCUT2D eigenvalue weighted by Crippen LogP contribution is -2.60. The van der Waals surface area contributed by atoms with Crippen molar-refractivity contribution in [2.45, 2.75) is 31.2 Å². The number of aliphatic hydroxyl groups is 1. The van der Waals surface area contributed by atoms with Crippen molar-refractivity contribution in [1.29, 1.82) is 0 Å². The van der Waals surface area contributed by atoms with Gasteiger partial charge in [-0.1, -0.05) is 0 Å². The maximum absolute atomic E-state index is 12.0. The molecule has 0 spiro atoms. The number of rotatable bonds is 6. The van der Waals surface area contributed by atoms with E-state index in [0.717, 1.165) is 22.4 Å². The summed E-state index contributed by atoms with van der Waals surface area (Å²) in [7, 11) is 6.28. The smallest absolute Gasteiger partial charge is 0.353 e. The predicted molar refractivity (Wildman–Crippen MR) is 80.2 cm³/mol. The molecule has 0 aliphatic carbocycles. The maximum Gasteiger partial charge on any atom is 0.353 e. The summed E-state index contributed by atoms with van der Waals surface area (Å²) in [6, 6.07) is 0. The lowest BCUT2D eigenvalue weighted by atomic mass is 9.92. The second-order valence-electron chi connectivity index (χ2n) is 6.68. The highest BCUT2D eigenvalue weighted by atomic mass is 32.2. The van der Waals surface area contributed by atoms with E-state index in [-0.39, 0.29) is 17.0 Å². The highest BCUT2D eigenvalue weighted by molar-refractivity contribution is 8.04. The van der Waals surface area contributed by atoms with Crippen LogP contribution < -0.4 is 0 Å². The summed E-state index contributed by atoms with van der Waals surface area (Å²) in [4.78, 5) is 25.6. The fourth-order valence-corrected chi connectivity index (χ4v) is 4.40. The molecule has 21 heavy (non-hydrogen) atoms. The Morgan fingerprint density at radius 2 is 2.05 bits per heavy atom. The summed E-state index contributed by atoms with van der Waals surface area (Å²) in [6.07, 6.45) is 0.789. The van der Waals surface area contributed by atoms with Gasteiger partial charge in [0.25, 0.3) is 0 Å². The van der Waals surface area contributed by atoms with E-state index in [9.17, 15) is 19.8 Å². The van der Waals surface area contributed by atoms with Gasteiger partial charge in [-0.05, 0) is 13.3 Å². The third-order valence-corrected chi connectivity index (χ3v) is 5.23. The average molecular weight is 315 g/mol. The van der Waals surface area contributed by atoms with E-state index < -0.39 is 18.0 Å². The Hall–Kier alpha value is -1.05. The number of carboxylic acids is 1. The summed E-state index contributed by atoms with van der Waals surface area (Å²) < 4.78 is 0.822. The van der Waals surface area contributed by atoms with Gasteiger partial charge in [-0.15, -0.1) is 11.8 Å². The number of nitrogens with zero attached hydrogens (tertiary/aromatic N) is 2. The number of hydrogen-bond acceptors (Lipinski definition) is 4. The van der Waals surface area contributed by atoms with Crippen LogP contribution in [0.4, 0.5) is 0 Å². The maximum atomic E-state index is 12.0. The first-order chi connectivity index (χ1) is 9.63. The molecule has 0 radical (unpaired) electrons. The summed E-state index contributed by atoms with van der Waals surface area (Å²) in [6.45, 7) is 2.52. The van der Waals surface area contributed by atoms with Crippen molar-refractivity contribution < 1.29 is 24.3 Å². The molecule has 1 saturated heterocycles. The molecule has 1 fully saturated rings. The molecule has 1 amide bonds. The van der Waals surface area contributed by atoms with Crippen LogP contribution in [0.1, 0.15) is 19.8 Å². The molecular weight excluding hydrogens is 292 g/mol. The fourth-order valence-electron chi connectivity index (χ4n) is 2.74. The van der Waals surface area contributed by atoms with Crippen LogP contribution in [0.3, 0.4) is 0 Å². The van der Waals surface area contributed by atoms with Gasteiger partial charge in [0.1, 0.15) is 11.1 Å². The number of fused-ring (bicyclic) bond motifs is 1. The standard InChI is InChI=1S/C14H22N2O4S/c1-8(17)10-12(18)15-11(14(19)20)9(21-13(10)15)6-5-7-16(2,3)4/h8,10,13,17H,5-7H2,1-4H3/p+1/t8-,10+,13-/m1/s1. The fraction of sp³-hybridized carbons (Fsp3) is 0.714. The second-order valence-corrected chi connectivity index (χ2v) is 7.89. The van der Waals surface area contributed by atoms with Crippen LogP contribution in [0.25, 0.3) is 0 Å². The van der Waals surface area contributed by atoms with Crippen LogP contribution in [-0.4, -0.2) is 70.6 Å². The largest absolute Gasteiger partial charge is 0.477 e. The molecule has 118 valence electrons. The number of aliphatic carboxylic acids is 1. The van der Waals surface area contributed by atoms with Gasteiger partial charge < -0.3 is 14.7 Å². The molecule has 3 atom stereocenters. The zero-order valence-corrected chi connectivity index (χ0v) is 13.7. The number of allylic oxidation sites excluding steroid dienone is 1. The van der Waals surface area contributed by atoms with Gasteiger partial charge in [-0.25, -0.2) is 4.79 Å². The molecule has 2 aliphatic heterocycles. The molecule has 0 aromatic heterocycles. The predicted octanol–water partition coefficient (Wildman–Crippen LogP) is 0.681. The van der Waals surface area contributed by atoms with E-state index in [2.05, 4.69) is 21.1 Å². The van der Waals surface area contributed by atoms with Crippen LogP contribution in [0.5, 0.6) is 0 Å². The summed E-state index contributed by atoms with van der Waals surface area (Å²) >= 11 is 1.42. The lowest BCUT2D eigenvalue weighted by molar-refractivity contribution is -0.870. The number of carboxylic acid groups (broad SMARTS) is 1. The number of hydrogen-bond donors (Lipinski definition) is 2. The topological polar surface area (TPSA) is 77.8 Å². The van der Waals surface area contributed by atoms with Crippen LogP contribution >= 0.6 is 11.8 Å². The summed E-state index contributed by atoms with van der Waals surface area (Å²) in [5.41, 5.74) is 0.119. The quantitative estimate of drug-likeness (QED) is 0.557. The van der Waals surface area contributed by atoms with Gasteiger partial charge in [-0.2, -0.15) is 0 Å². The van der Waals surface area contributed by atoms with Crippen molar-refractivity contribution in [3.8, 4) is 0 Å². The molecule has 6 nitrogen and oxygen atoms in total. The molecular formula is C14H23N2O4S+. The van der Waals surface area contributed by atoms with E-state index in [1.165, 1.54) is 16.7 Å². The summed E-state index contributed by atoms with van der Waals surface area (Å²) in [5, 5.41) is 18.8. The number of aliphatic hydroxyl groups excluding tert-OH is 1. The van der Waals surface area contributed by atoms with Crippen molar-refractivity contribution in [3.05, 3.63) is 10.6 Å². The molecule has 0 bridgehead atoms. The van der Waals surface area contributed by atoms with Crippen LogP contribution in [-0.2, 0) is 9.59 Å². The highest BCUT2D eigenvalue weighted by Crippen LogP contribution is 2.51. The highest BCUT2D eigenvalue weighted by Gasteiger charge is 2.57. The molecule has 0 unspecified atom stereocenters. The van der Waals surface area contributed by atoms with E-state index >= 15 is 0 Å². The Balaban J connectivity index is 2.10. The Kier molecular flexibility index (Phi) is 4.37. The summed E-state index contributed by atoms with van der Waals surface area (Å²) in [5.74, 6) is -1.82. The molecule has 2 aliphatic rings. The minimum absolute atomic E-state index is 0.119. The third kappa shape index (κ3) is 3.09. The Morgan fingerprint density at radius 3 is 2.52 bits per heavy atom. The van der Waals surface area contributed by atoms with Gasteiger partial charge in [0.05, 0.1) is 39.7 Å². The monoisotopic (exact) mass is 315 g/mol. The molecule has 2 N–H and O–H groups in total. The van der Waals surface area contributed by atoms with Gasteiger partial charge in [-0.3, -0.25) is 9.69 Å². The van der Waals surface area contributed by atoms with Gasteiger partial charge >= 0.3 is 5.97 Å². The Bertz CT molecular complexity index is 496. The number of amides is 1. The van der Waals surface area contributed by atoms with E-state index in [1.54, 1.807) is 6.92 Å². The molecule has 0 aromatic rings. The van der Waals surface area contributed by atoms with Crippen LogP contribution in [0.2, 0.25) is 0 Å². The Morgan fingerprint density at radius 1 is 1.43 bits per heavy atom. The zero-order chi connectivity index (χ0) is 15.9. The van der Waals surface area contributed by atoms with E-state index in [1.807, 2.05) is 0 Å². The minimum atomic E-state index is -1.05. The molecule has 2 heterocycles. The SMILES string of the molecule is C[C@@H](O)[C@H]1C(=O)N2C(C(=O)O)=C(CCC[N+](C)(C)C)S[C@H]12. The molecule has 0 saturated carbocycles. The number of β-lactam (4-membered cyclic amide) rings is 1. The van der Waals surface area contributed by atoms with Gasteiger partial charge in [0, 0.05) is 11.3 Å².